The molecule has 4 heterocycles. The second-order valence-corrected chi connectivity index (χ2v) is 7.89. The van der Waals surface area contributed by atoms with Gasteiger partial charge in [-0.2, -0.15) is 9.61 Å². The van der Waals surface area contributed by atoms with Gasteiger partial charge in [-0.25, -0.2) is 14.2 Å². The summed E-state index contributed by atoms with van der Waals surface area (Å²) in [7, 11) is 0. The van der Waals surface area contributed by atoms with E-state index in [2.05, 4.69) is 25.4 Å². The number of para-hydroxylation sites is 1. The van der Waals surface area contributed by atoms with Crippen molar-refractivity contribution in [2.24, 2.45) is 0 Å². The summed E-state index contributed by atoms with van der Waals surface area (Å²) in [6.45, 7) is 1.76. The van der Waals surface area contributed by atoms with E-state index < -0.39 is 17.4 Å². The number of hydrogen-bond acceptors (Lipinski definition) is 6. The topological polar surface area (TPSA) is 128 Å². The summed E-state index contributed by atoms with van der Waals surface area (Å²) in [6.07, 6.45) is 5.46. The van der Waals surface area contributed by atoms with E-state index in [1.807, 2.05) is 24.3 Å². The van der Waals surface area contributed by atoms with E-state index in [9.17, 15) is 19.4 Å². The van der Waals surface area contributed by atoms with Gasteiger partial charge in [0.25, 0.3) is 0 Å². The zero-order valence-corrected chi connectivity index (χ0v) is 17.5. The highest BCUT2D eigenvalue weighted by atomic mass is 19.1. The molecule has 0 bridgehead atoms. The zero-order valence-electron chi connectivity index (χ0n) is 17.5. The molecule has 10 heteroatoms. The van der Waals surface area contributed by atoms with Crippen LogP contribution in [0.5, 0.6) is 0 Å². The number of aromatic amines is 1. The van der Waals surface area contributed by atoms with Gasteiger partial charge in [0.2, 0.25) is 0 Å². The minimum atomic E-state index is -1.28. The SMILES string of the molecule is C[C@](O)(CNc1cc(-c2cncc(F)c2)nc2c(C(=O)O)cnn12)c1c[nH]c2ccccc12. The first kappa shape index (κ1) is 20.6. The predicted molar refractivity (Wildman–Crippen MR) is 119 cm³/mol. The van der Waals surface area contributed by atoms with Crippen LogP contribution in [0.15, 0.2) is 61.2 Å². The van der Waals surface area contributed by atoms with Gasteiger partial charge >= 0.3 is 5.97 Å². The lowest BCUT2D eigenvalue weighted by Crippen LogP contribution is -2.31. The molecule has 0 saturated carbocycles. The second-order valence-electron chi connectivity index (χ2n) is 7.89. The predicted octanol–water partition coefficient (Wildman–Crippen LogP) is 3.43. The summed E-state index contributed by atoms with van der Waals surface area (Å²) in [4.78, 5) is 23.0. The molecule has 1 atom stereocenters. The number of nitrogens with one attached hydrogen (secondary N) is 2. The monoisotopic (exact) mass is 446 g/mol. The van der Waals surface area contributed by atoms with Crippen molar-refractivity contribution in [2.45, 2.75) is 12.5 Å². The van der Waals surface area contributed by atoms with E-state index in [0.717, 1.165) is 17.1 Å². The molecule has 5 rings (SSSR count). The van der Waals surface area contributed by atoms with Crippen LogP contribution in [0.3, 0.4) is 0 Å². The number of pyridine rings is 1. The van der Waals surface area contributed by atoms with Crippen LogP contribution in [-0.2, 0) is 5.60 Å². The van der Waals surface area contributed by atoms with Gasteiger partial charge in [-0.1, -0.05) is 18.2 Å². The first-order valence-corrected chi connectivity index (χ1v) is 10.1. The van der Waals surface area contributed by atoms with Crippen molar-refractivity contribution in [1.82, 2.24) is 24.6 Å². The first-order valence-electron chi connectivity index (χ1n) is 10.1. The van der Waals surface area contributed by atoms with Crippen LogP contribution < -0.4 is 5.32 Å². The molecule has 166 valence electrons. The number of carboxylic acid groups (broad SMARTS) is 1. The Balaban J connectivity index is 1.56. The van der Waals surface area contributed by atoms with Gasteiger partial charge < -0.3 is 20.5 Å². The lowest BCUT2D eigenvalue weighted by molar-refractivity contribution is 0.0697. The molecule has 0 fully saturated rings. The lowest BCUT2D eigenvalue weighted by Gasteiger charge is -2.24. The Bertz CT molecular complexity index is 1510. The van der Waals surface area contributed by atoms with Gasteiger partial charge in [0.15, 0.2) is 5.65 Å². The normalized spacial score (nSPS) is 13.3. The van der Waals surface area contributed by atoms with E-state index in [4.69, 9.17) is 0 Å². The molecule has 0 spiro atoms. The highest BCUT2D eigenvalue weighted by molar-refractivity contribution is 5.94. The Morgan fingerprint density at radius 1 is 1.24 bits per heavy atom. The molecule has 0 aliphatic rings. The van der Waals surface area contributed by atoms with Crippen LogP contribution in [0.2, 0.25) is 0 Å². The number of benzene rings is 1. The third-order valence-corrected chi connectivity index (χ3v) is 5.49. The van der Waals surface area contributed by atoms with Gasteiger partial charge in [0.1, 0.15) is 22.8 Å². The van der Waals surface area contributed by atoms with Crippen molar-refractivity contribution in [1.29, 1.82) is 0 Å². The van der Waals surface area contributed by atoms with Gasteiger partial charge in [-0.3, -0.25) is 4.98 Å². The number of fused-ring (bicyclic) bond motifs is 2. The van der Waals surface area contributed by atoms with Crippen LogP contribution in [0, 0.1) is 5.82 Å². The summed E-state index contributed by atoms with van der Waals surface area (Å²) in [5.74, 6) is -1.35. The average molecular weight is 446 g/mol. The molecule has 0 aliphatic carbocycles. The van der Waals surface area contributed by atoms with Crippen molar-refractivity contribution in [3.63, 3.8) is 0 Å². The first-order chi connectivity index (χ1) is 15.8. The number of aromatic nitrogens is 5. The molecule has 5 aromatic rings. The Labute approximate surface area is 186 Å². The fourth-order valence-corrected chi connectivity index (χ4v) is 3.81. The summed E-state index contributed by atoms with van der Waals surface area (Å²) in [5.41, 5.74) is 0.994. The third-order valence-electron chi connectivity index (χ3n) is 5.49. The molecule has 33 heavy (non-hydrogen) atoms. The van der Waals surface area contributed by atoms with Gasteiger partial charge in [0.05, 0.1) is 18.1 Å². The Hall–Kier alpha value is -4.31. The van der Waals surface area contributed by atoms with Crippen LogP contribution in [0.25, 0.3) is 27.8 Å². The van der Waals surface area contributed by atoms with Gasteiger partial charge in [-0.05, 0) is 19.1 Å². The zero-order chi connectivity index (χ0) is 23.2. The minimum absolute atomic E-state index is 0.0804. The number of halogens is 1. The maximum absolute atomic E-state index is 13.8. The number of nitrogens with zero attached hydrogens (tertiary/aromatic N) is 4. The summed E-state index contributed by atoms with van der Waals surface area (Å²) >= 11 is 0. The second kappa shape index (κ2) is 7.68. The molecule has 0 radical (unpaired) electrons. The van der Waals surface area contributed by atoms with Crippen molar-refractivity contribution in [2.75, 3.05) is 11.9 Å². The standard InChI is InChI=1S/C23H19FN6O3/c1-23(33,17-11-26-18-5-3-2-4-15(17)18)12-27-20-7-19(13-6-14(24)9-25-8-13)29-21-16(22(31)32)10-28-30(20)21/h2-11,26-27,33H,12H2,1H3,(H,31,32)/t23-/m0/s1. The highest BCUT2D eigenvalue weighted by Crippen LogP contribution is 2.30. The van der Waals surface area contributed by atoms with E-state index >= 15 is 0 Å². The van der Waals surface area contributed by atoms with Crippen molar-refractivity contribution in [3.05, 3.63) is 78.1 Å². The Morgan fingerprint density at radius 2 is 2.06 bits per heavy atom. The molecule has 0 aliphatic heterocycles. The summed E-state index contributed by atoms with van der Waals surface area (Å²) in [5, 5.41) is 28.9. The smallest absolute Gasteiger partial charge is 0.341 e. The fourth-order valence-electron chi connectivity index (χ4n) is 3.81. The number of H-pyrrole nitrogens is 1. The highest BCUT2D eigenvalue weighted by Gasteiger charge is 2.27. The molecule has 0 amide bonds. The van der Waals surface area contributed by atoms with E-state index in [1.165, 1.54) is 23.0 Å². The number of aliphatic hydroxyl groups is 1. The van der Waals surface area contributed by atoms with Crippen molar-refractivity contribution >= 4 is 28.3 Å². The molecular weight excluding hydrogens is 427 g/mol. The van der Waals surface area contributed by atoms with Gasteiger partial charge in [-0.15, -0.1) is 0 Å². The number of anilines is 1. The van der Waals surface area contributed by atoms with Gasteiger partial charge in [0, 0.05) is 47.0 Å². The molecule has 1 aromatic carbocycles. The molecule has 4 N–H and O–H groups in total. The molecule has 9 nitrogen and oxygen atoms in total. The maximum Gasteiger partial charge on any atom is 0.341 e. The molecule has 4 aromatic heterocycles. The largest absolute Gasteiger partial charge is 0.477 e. The fraction of sp³-hybridized carbons (Fsp3) is 0.130. The Morgan fingerprint density at radius 3 is 2.85 bits per heavy atom. The number of rotatable bonds is 6. The Kier molecular flexibility index (Phi) is 4.79. The number of carboxylic acids is 1. The average Bonchev–Trinajstić information content (AvgIpc) is 3.42. The van der Waals surface area contributed by atoms with Crippen LogP contribution in [0.1, 0.15) is 22.8 Å². The van der Waals surface area contributed by atoms with E-state index in [-0.39, 0.29) is 17.8 Å². The summed E-state index contributed by atoms with van der Waals surface area (Å²) in [6, 6.07) is 10.5. The quantitative estimate of drug-likeness (QED) is 0.315. The van der Waals surface area contributed by atoms with E-state index in [1.54, 1.807) is 19.2 Å². The van der Waals surface area contributed by atoms with Crippen molar-refractivity contribution < 1.29 is 19.4 Å². The van der Waals surface area contributed by atoms with Crippen LogP contribution in [0.4, 0.5) is 10.2 Å². The van der Waals surface area contributed by atoms with Crippen LogP contribution in [-0.4, -0.2) is 47.3 Å². The number of aromatic carboxylic acids is 1. The summed E-state index contributed by atoms with van der Waals surface area (Å²) < 4.78 is 15.1. The number of hydrogen-bond donors (Lipinski definition) is 4. The number of carbonyl (C=O) groups is 1. The minimum Gasteiger partial charge on any atom is -0.477 e. The maximum atomic E-state index is 13.8. The van der Waals surface area contributed by atoms with Crippen LogP contribution >= 0.6 is 0 Å². The molecule has 0 unspecified atom stereocenters. The molecule has 0 saturated heterocycles. The van der Waals surface area contributed by atoms with E-state index in [0.29, 0.717) is 22.6 Å². The lowest BCUT2D eigenvalue weighted by atomic mass is 9.95. The van der Waals surface area contributed by atoms with Crippen molar-refractivity contribution in [3.8, 4) is 11.3 Å². The third kappa shape index (κ3) is 3.66. The molecular formula is C23H19FN6O3.